The molecule has 0 aliphatic carbocycles. The zero-order chi connectivity index (χ0) is 13.9. The summed E-state index contributed by atoms with van der Waals surface area (Å²) in [6.07, 6.45) is 1.60. The fourth-order valence-electron chi connectivity index (χ4n) is 1.79. The molecule has 2 heterocycles. The van der Waals surface area contributed by atoms with Crippen LogP contribution in [0.1, 0.15) is 5.69 Å². The van der Waals surface area contributed by atoms with Crippen LogP contribution in [0.4, 0.5) is 6.01 Å². The van der Waals surface area contributed by atoms with E-state index in [0.717, 1.165) is 11.3 Å². The maximum absolute atomic E-state index is 6.02. The van der Waals surface area contributed by atoms with Crippen LogP contribution in [0.3, 0.4) is 0 Å². The first-order chi connectivity index (χ1) is 9.74. The first-order valence-corrected chi connectivity index (χ1v) is 6.41. The molecule has 0 fully saturated rings. The monoisotopic (exact) mass is 289 g/mol. The van der Waals surface area contributed by atoms with Crippen LogP contribution in [0.2, 0.25) is 5.02 Å². The van der Waals surface area contributed by atoms with Gasteiger partial charge in [0.25, 0.3) is 0 Å². The highest BCUT2D eigenvalue weighted by atomic mass is 35.5. The van der Waals surface area contributed by atoms with E-state index >= 15 is 0 Å². The quantitative estimate of drug-likeness (QED) is 0.800. The average Bonchev–Trinajstić information content (AvgIpc) is 3.06. The first kappa shape index (κ1) is 12.7. The van der Waals surface area contributed by atoms with Gasteiger partial charge in [0.2, 0.25) is 5.82 Å². The number of hydrogen-bond acceptors (Lipinski definition) is 5. The number of halogens is 1. The van der Waals surface area contributed by atoms with Crippen molar-refractivity contribution in [2.24, 2.45) is 7.05 Å². The Kier molecular flexibility index (Phi) is 3.39. The third kappa shape index (κ3) is 2.50. The Hall–Kier alpha value is -2.34. The van der Waals surface area contributed by atoms with Crippen molar-refractivity contribution in [1.82, 2.24) is 19.9 Å². The second kappa shape index (κ2) is 5.34. The Labute approximate surface area is 120 Å². The molecule has 2 aromatic heterocycles. The zero-order valence-electron chi connectivity index (χ0n) is 10.7. The summed E-state index contributed by atoms with van der Waals surface area (Å²) >= 11 is 6.02. The Balaban J connectivity index is 1.72. The van der Waals surface area contributed by atoms with Crippen LogP contribution in [0.5, 0.6) is 0 Å². The molecule has 0 aliphatic rings. The lowest BCUT2D eigenvalue weighted by atomic mass is 10.2. The third-order valence-corrected chi connectivity index (χ3v) is 3.19. The second-order valence-corrected chi connectivity index (χ2v) is 4.61. The minimum absolute atomic E-state index is 0.348. The summed E-state index contributed by atoms with van der Waals surface area (Å²) in [7, 11) is 1.83. The lowest BCUT2D eigenvalue weighted by molar-refractivity contribution is 0.431. The number of nitrogens with one attached hydrogen (secondary N) is 1. The van der Waals surface area contributed by atoms with Crippen LogP contribution >= 0.6 is 11.6 Å². The van der Waals surface area contributed by atoms with E-state index in [0.29, 0.717) is 23.4 Å². The van der Waals surface area contributed by atoms with Gasteiger partial charge in [-0.3, -0.25) is 4.68 Å². The molecule has 20 heavy (non-hydrogen) atoms. The number of rotatable bonds is 4. The number of nitrogens with zero attached hydrogens (tertiary/aromatic N) is 4. The lowest BCUT2D eigenvalue weighted by Crippen LogP contribution is -2.06. The van der Waals surface area contributed by atoms with E-state index in [1.54, 1.807) is 10.9 Å². The van der Waals surface area contributed by atoms with Gasteiger partial charge in [-0.05, 0) is 0 Å². The highest BCUT2D eigenvalue weighted by molar-refractivity contribution is 6.31. The van der Waals surface area contributed by atoms with Crippen molar-refractivity contribution in [3.05, 3.63) is 47.2 Å². The van der Waals surface area contributed by atoms with Gasteiger partial charge in [0.05, 0.1) is 23.5 Å². The van der Waals surface area contributed by atoms with Gasteiger partial charge in [0.1, 0.15) is 0 Å². The minimum atomic E-state index is 0.348. The molecule has 3 aromatic rings. The molecule has 102 valence electrons. The standard InChI is InChI=1S/C13H12ClN5O/c1-19-11(10(14)7-16-19)8-15-13-17-12(18-20-13)9-5-3-2-4-6-9/h2-7H,8H2,1H3,(H,15,17,18). The first-order valence-electron chi connectivity index (χ1n) is 6.03. The van der Waals surface area contributed by atoms with Crippen molar-refractivity contribution in [2.45, 2.75) is 6.54 Å². The summed E-state index contributed by atoms with van der Waals surface area (Å²) in [5.41, 5.74) is 1.76. The predicted molar refractivity (Wildman–Crippen MR) is 75.3 cm³/mol. The second-order valence-electron chi connectivity index (χ2n) is 4.21. The van der Waals surface area contributed by atoms with Gasteiger partial charge < -0.3 is 9.84 Å². The molecule has 0 saturated carbocycles. The Bertz CT molecular complexity index is 687. The van der Waals surface area contributed by atoms with Gasteiger partial charge in [-0.1, -0.05) is 47.1 Å². The maximum Gasteiger partial charge on any atom is 0.322 e. The third-order valence-electron chi connectivity index (χ3n) is 2.88. The van der Waals surface area contributed by atoms with E-state index in [9.17, 15) is 0 Å². The van der Waals surface area contributed by atoms with Crippen LogP contribution in [0, 0.1) is 0 Å². The number of aryl methyl sites for hydroxylation is 1. The molecule has 0 unspecified atom stereocenters. The van der Waals surface area contributed by atoms with Gasteiger partial charge in [-0.2, -0.15) is 10.1 Å². The van der Waals surface area contributed by atoms with E-state index in [2.05, 4.69) is 20.6 Å². The van der Waals surface area contributed by atoms with Crippen LogP contribution in [0.15, 0.2) is 41.1 Å². The Morgan fingerprint density at radius 2 is 2.10 bits per heavy atom. The largest absolute Gasteiger partial charge is 0.332 e. The van der Waals surface area contributed by atoms with E-state index in [1.807, 2.05) is 37.4 Å². The zero-order valence-corrected chi connectivity index (χ0v) is 11.5. The normalized spacial score (nSPS) is 10.7. The molecule has 0 saturated heterocycles. The SMILES string of the molecule is Cn1ncc(Cl)c1CNc1nc(-c2ccccc2)no1. The van der Waals surface area contributed by atoms with Gasteiger partial charge in [0.15, 0.2) is 0 Å². The van der Waals surface area contributed by atoms with E-state index in [4.69, 9.17) is 16.1 Å². The van der Waals surface area contributed by atoms with Crippen LogP contribution in [0.25, 0.3) is 11.4 Å². The van der Waals surface area contributed by atoms with Crippen LogP contribution < -0.4 is 5.32 Å². The summed E-state index contributed by atoms with van der Waals surface area (Å²) in [6, 6.07) is 9.98. The van der Waals surface area contributed by atoms with E-state index in [1.165, 1.54) is 0 Å². The molecule has 0 radical (unpaired) electrons. The number of anilines is 1. The molecule has 0 aliphatic heterocycles. The average molecular weight is 290 g/mol. The van der Waals surface area contributed by atoms with Gasteiger partial charge in [0, 0.05) is 12.6 Å². The molecular weight excluding hydrogens is 278 g/mol. The van der Waals surface area contributed by atoms with E-state index in [-0.39, 0.29) is 0 Å². The Morgan fingerprint density at radius 1 is 1.30 bits per heavy atom. The summed E-state index contributed by atoms with van der Waals surface area (Å²) in [5, 5.41) is 11.6. The van der Waals surface area contributed by atoms with Crippen molar-refractivity contribution in [3.8, 4) is 11.4 Å². The van der Waals surface area contributed by atoms with Crippen molar-refractivity contribution >= 4 is 17.6 Å². The summed E-state index contributed by atoms with van der Waals surface area (Å²) in [5.74, 6) is 0.546. The van der Waals surface area contributed by atoms with Crippen molar-refractivity contribution in [3.63, 3.8) is 0 Å². The number of hydrogen-bond donors (Lipinski definition) is 1. The molecular formula is C13H12ClN5O. The molecule has 0 bridgehead atoms. The smallest absolute Gasteiger partial charge is 0.322 e. The molecule has 0 atom stereocenters. The fraction of sp³-hybridized carbons (Fsp3) is 0.154. The number of benzene rings is 1. The van der Waals surface area contributed by atoms with Crippen molar-refractivity contribution in [1.29, 1.82) is 0 Å². The number of aromatic nitrogens is 4. The van der Waals surface area contributed by atoms with Gasteiger partial charge in [-0.15, -0.1) is 0 Å². The molecule has 3 rings (SSSR count). The molecule has 0 spiro atoms. The van der Waals surface area contributed by atoms with E-state index < -0.39 is 0 Å². The Morgan fingerprint density at radius 3 is 2.80 bits per heavy atom. The molecule has 1 N–H and O–H groups in total. The summed E-state index contributed by atoms with van der Waals surface area (Å²) in [6.45, 7) is 0.464. The van der Waals surface area contributed by atoms with Crippen molar-refractivity contribution in [2.75, 3.05) is 5.32 Å². The maximum atomic E-state index is 6.02. The molecule has 0 amide bonds. The van der Waals surface area contributed by atoms with Crippen LogP contribution in [-0.4, -0.2) is 19.9 Å². The topological polar surface area (TPSA) is 68.8 Å². The minimum Gasteiger partial charge on any atom is -0.332 e. The molecule has 7 heteroatoms. The highest BCUT2D eigenvalue weighted by Crippen LogP contribution is 2.19. The fourth-order valence-corrected chi connectivity index (χ4v) is 2.03. The van der Waals surface area contributed by atoms with Crippen LogP contribution in [-0.2, 0) is 13.6 Å². The predicted octanol–water partition coefficient (Wildman–Crippen LogP) is 2.74. The lowest BCUT2D eigenvalue weighted by Gasteiger charge is -2.02. The van der Waals surface area contributed by atoms with Crippen molar-refractivity contribution < 1.29 is 4.52 Å². The molecule has 6 nitrogen and oxygen atoms in total. The summed E-state index contributed by atoms with van der Waals surface area (Å²) < 4.78 is 6.85. The highest BCUT2D eigenvalue weighted by Gasteiger charge is 2.10. The summed E-state index contributed by atoms with van der Waals surface area (Å²) in [4.78, 5) is 4.28. The molecule has 1 aromatic carbocycles. The van der Waals surface area contributed by atoms with Gasteiger partial charge >= 0.3 is 6.01 Å². The van der Waals surface area contributed by atoms with Gasteiger partial charge in [-0.25, -0.2) is 0 Å².